The van der Waals surface area contributed by atoms with Gasteiger partial charge in [-0.1, -0.05) is 6.92 Å². The molecule has 0 fully saturated rings. The fourth-order valence-corrected chi connectivity index (χ4v) is 0.929. The van der Waals surface area contributed by atoms with Crippen molar-refractivity contribution in [3.63, 3.8) is 0 Å². The van der Waals surface area contributed by atoms with Crippen molar-refractivity contribution >= 4 is 0 Å². The third kappa shape index (κ3) is 19.4. The Hall–Kier alpha value is -0.200. The van der Waals surface area contributed by atoms with Crippen molar-refractivity contribution in [3.8, 4) is 0 Å². The highest BCUT2D eigenvalue weighted by Crippen LogP contribution is 1.89. The van der Waals surface area contributed by atoms with Crippen LogP contribution < -0.4 is 22.7 Å². The molecule has 0 rings (SSSR count). The van der Waals surface area contributed by atoms with Crippen molar-refractivity contribution in [2.75, 3.05) is 26.2 Å². The molecule has 0 radical (unpaired) electrons. The number of hydrogen-bond donors (Lipinski definition) is 4. The maximum atomic E-state index is 5.35. The highest BCUT2D eigenvalue weighted by atomic mass is 16.6. The first-order valence-electron chi connectivity index (χ1n) is 6.18. The Morgan fingerprint density at radius 2 is 1.75 bits per heavy atom. The van der Waals surface area contributed by atoms with Crippen LogP contribution in [0.2, 0.25) is 0 Å². The van der Waals surface area contributed by atoms with E-state index in [0.29, 0.717) is 19.2 Å². The van der Waals surface area contributed by atoms with E-state index in [4.69, 9.17) is 11.5 Å². The highest BCUT2D eigenvalue weighted by Gasteiger charge is 1.94. The Bertz CT molecular complexity index is 110. The van der Waals surface area contributed by atoms with Crippen LogP contribution >= 0.6 is 0 Å². The van der Waals surface area contributed by atoms with E-state index in [1.165, 1.54) is 12.8 Å². The molecule has 100 valence electrons. The third-order valence-electron chi connectivity index (χ3n) is 2.20. The van der Waals surface area contributed by atoms with E-state index >= 15 is 0 Å². The summed E-state index contributed by atoms with van der Waals surface area (Å²) in [5, 5.41) is 3.41. The quantitative estimate of drug-likeness (QED) is 0.340. The van der Waals surface area contributed by atoms with Crippen molar-refractivity contribution in [2.24, 2.45) is 17.4 Å². The molecule has 1 atom stereocenters. The molecule has 0 bridgehead atoms. The molecule has 0 spiro atoms. The second-order valence-electron chi connectivity index (χ2n) is 3.77. The second kappa shape index (κ2) is 17.2. The van der Waals surface area contributed by atoms with Crippen LogP contribution in [0.25, 0.3) is 0 Å². The standard InChI is InChI=1S/C8H20N2.C3H10N2O/c1-3-8(2)10-7-5-4-6-9;4-2-1-3-6-5/h8,10H,3-7,9H2,1-2H3;1-5H2. The van der Waals surface area contributed by atoms with Crippen LogP contribution in [0.4, 0.5) is 0 Å². The summed E-state index contributed by atoms with van der Waals surface area (Å²) in [4.78, 5) is 4.20. The largest absolute Gasteiger partial charge is 0.330 e. The molecule has 0 saturated carbocycles. The van der Waals surface area contributed by atoms with E-state index in [1.807, 2.05) is 0 Å². The second-order valence-corrected chi connectivity index (χ2v) is 3.77. The van der Waals surface area contributed by atoms with Crippen LogP contribution in [0.1, 0.15) is 39.5 Å². The molecule has 5 heteroatoms. The minimum atomic E-state index is 0.566. The van der Waals surface area contributed by atoms with Crippen molar-refractivity contribution in [1.29, 1.82) is 0 Å². The number of rotatable bonds is 9. The molecule has 16 heavy (non-hydrogen) atoms. The summed E-state index contributed by atoms with van der Waals surface area (Å²) in [6, 6.07) is 0.665. The van der Waals surface area contributed by atoms with E-state index in [-0.39, 0.29) is 0 Å². The summed E-state index contributed by atoms with van der Waals surface area (Å²) in [6.07, 6.45) is 4.41. The van der Waals surface area contributed by atoms with Crippen LogP contribution in [-0.4, -0.2) is 32.3 Å². The smallest absolute Gasteiger partial charge is 0.0691 e. The Balaban J connectivity index is 0. The molecular weight excluding hydrogens is 204 g/mol. The molecule has 0 amide bonds. The van der Waals surface area contributed by atoms with Crippen LogP contribution in [-0.2, 0) is 4.84 Å². The fraction of sp³-hybridized carbons (Fsp3) is 1.00. The minimum absolute atomic E-state index is 0.566. The van der Waals surface area contributed by atoms with E-state index in [1.54, 1.807) is 0 Å². The van der Waals surface area contributed by atoms with Gasteiger partial charge < -0.3 is 21.6 Å². The van der Waals surface area contributed by atoms with Crippen LogP contribution in [0, 0.1) is 0 Å². The van der Waals surface area contributed by atoms with Gasteiger partial charge >= 0.3 is 0 Å². The molecular formula is C11H30N4O. The van der Waals surface area contributed by atoms with Crippen molar-refractivity contribution in [2.45, 2.75) is 45.6 Å². The van der Waals surface area contributed by atoms with Crippen LogP contribution in [0.5, 0.6) is 0 Å². The maximum Gasteiger partial charge on any atom is 0.0691 e. The summed E-state index contributed by atoms with van der Waals surface area (Å²) in [7, 11) is 0. The molecule has 0 aliphatic heterocycles. The van der Waals surface area contributed by atoms with Gasteiger partial charge in [-0.15, -0.1) is 0 Å². The molecule has 7 N–H and O–H groups in total. The Morgan fingerprint density at radius 3 is 2.12 bits per heavy atom. The molecule has 0 aliphatic rings. The van der Waals surface area contributed by atoms with Crippen LogP contribution in [0.15, 0.2) is 0 Å². The van der Waals surface area contributed by atoms with Crippen LogP contribution in [0.3, 0.4) is 0 Å². The van der Waals surface area contributed by atoms with Crippen molar-refractivity contribution in [3.05, 3.63) is 0 Å². The molecule has 0 aromatic heterocycles. The summed E-state index contributed by atoms with van der Waals surface area (Å²) in [5.41, 5.74) is 10.4. The summed E-state index contributed by atoms with van der Waals surface area (Å²) >= 11 is 0. The molecule has 0 aromatic rings. The summed E-state index contributed by atoms with van der Waals surface area (Å²) in [6.45, 7) is 7.56. The lowest BCUT2D eigenvalue weighted by molar-refractivity contribution is 0.137. The Labute approximate surface area is 100 Å². The first kappa shape index (κ1) is 18.2. The predicted molar refractivity (Wildman–Crippen MR) is 69.9 cm³/mol. The van der Waals surface area contributed by atoms with Gasteiger partial charge in [-0.05, 0) is 52.2 Å². The number of hydrogen-bond acceptors (Lipinski definition) is 5. The zero-order valence-corrected chi connectivity index (χ0v) is 10.9. The maximum absolute atomic E-state index is 5.35. The van der Waals surface area contributed by atoms with Gasteiger partial charge in [0.25, 0.3) is 0 Å². The highest BCUT2D eigenvalue weighted by molar-refractivity contribution is 4.56. The van der Waals surface area contributed by atoms with Crippen molar-refractivity contribution < 1.29 is 4.84 Å². The fourth-order valence-electron chi connectivity index (χ4n) is 0.929. The predicted octanol–water partition coefficient (Wildman–Crippen LogP) is 0.339. The van der Waals surface area contributed by atoms with E-state index < -0.39 is 0 Å². The SMILES string of the molecule is CCC(C)NCCCCN.NCCCON. The number of nitrogens with two attached hydrogens (primary N) is 3. The topological polar surface area (TPSA) is 99.3 Å². The zero-order valence-electron chi connectivity index (χ0n) is 10.9. The molecule has 0 heterocycles. The lowest BCUT2D eigenvalue weighted by Crippen LogP contribution is -2.26. The lowest BCUT2D eigenvalue weighted by atomic mass is 10.2. The van der Waals surface area contributed by atoms with Gasteiger partial charge in [-0.25, -0.2) is 5.90 Å². The average molecular weight is 234 g/mol. The summed E-state index contributed by atoms with van der Waals surface area (Å²) in [5.74, 6) is 4.66. The number of nitrogens with one attached hydrogen (secondary N) is 1. The van der Waals surface area contributed by atoms with Gasteiger partial charge in [0, 0.05) is 6.04 Å². The van der Waals surface area contributed by atoms with Crippen molar-refractivity contribution in [1.82, 2.24) is 5.32 Å². The number of unbranched alkanes of at least 4 members (excludes halogenated alkanes) is 1. The van der Waals surface area contributed by atoms with Gasteiger partial charge in [0.2, 0.25) is 0 Å². The first-order valence-corrected chi connectivity index (χ1v) is 6.18. The van der Waals surface area contributed by atoms with E-state index in [0.717, 1.165) is 25.9 Å². The summed E-state index contributed by atoms with van der Waals surface area (Å²) < 4.78 is 0. The van der Waals surface area contributed by atoms with Gasteiger partial charge in [0.1, 0.15) is 0 Å². The minimum Gasteiger partial charge on any atom is -0.330 e. The first-order chi connectivity index (χ1) is 7.72. The van der Waals surface area contributed by atoms with Gasteiger partial charge in [0.15, 0.2) is 0 Å². The van der Waals surface area contributed by atoms with E-state index in [2.05, 4.69) is 29.9 Å². The van der Waals surface area contributed by atoms with E-state index in [9.17, 15) is 0 Å². The monoisotopic (exact) mass is 234 g/mol. The Kier molecular flexibility index (Phi) is 19.5. The van der Waals surface area contributed by atoms with Gasteiger partial charge in [-0.3, -0.25) is 0 Å². The molecule has 1 unspecified atom stereocenters. The average Bonchev–Trinajstić information content (AvgIpc) is 2.32. The third-order valence-corrected chi connectivity index (χ3v) is 2.20. The molecule has 0 saturated heterocycles. The molecule has 0 aliphatic carbocycles. The molecule has 5 nitrogen and oxygen atoms in total. The lowest BCUT2D eigenvalue weighted by Gasteiger charge is -2.09. The Morgan fingerprint density at radius 1 is 1.12 bits per heavy atom. The van der Waals surface area contributed by atoms with Gasteiger partial charge in [-0.2, -0.15) is 0 Å². The zero-order chi connectivity index (χ0) is 12.6. The normalized spacial score (nSPS) is 11.8. The van der Waals surface area contributed by atoms with Gasteiger partial charge in [0.05, 0.1) is 6.61 Å². The molecule has 0 aromatic carbocycles.